The Hall–Kier alpha value is -2.28. The van der Waals surface area contributed by atoms with Crippen molar-refractivity contribution >= 4 is 23.4 Å². The molecule has 0 saturated heterocycles. The Kier molecular flexibility index (Phi) is 6.87. The fourth-order valence-corrected chi connectivity index (χ4v) is 2.48. The molecule has 128 valence electrons. The van der Waals surface area contributed by atoms with Crippen LogP contribution < -0.4 is 15.4 Å². The second-order valence-corrected chi connectivity index (χ2v) is 5.95. The van der Waals surface area contributed by atoms with Crippen molar-refractivity contribution in [1.29, 1.82) is 0 Å². The summed E-state index contributed by atoms with van der Waals surface area (Å²) in [7, 11) is 1.59. The Morgan fingerprint density at radius 3 is 2.62 bits per heavy atom. The molecule has 2 N–H and O–H groups in total. The molecule has 24 heavy (non-hydrogen) atoms. The molecule has 0 bridgehead atoms. The van der Waals surface area contributed by atoms with Gasteiger partial charge < -0.3 is 15.4 Å². The van der Waals surface area contributed by atoms with Crippen LogP contribution in [0.5, 0.6) is 5.75 Å². The first-order chi connectivity index (χ1) is 11.6. The van der Waals surface area contributed by atoms with E-state index >= 15 is 0 Å². The Balaban J connectivity index is 1.76. The summed E-state index contributed by atoms with van der Waals surface area (Å²) in [4.78, 5) is 12.3. The first-order valence-electron chi connectivity index (χ1n) is 7.25. The van der Waals surface area contributed by atoms with Crippen molar-refractivity contribution in [2.75, 3.05) is 19.0 Å². The molecule has 2 rings (SSSR count). The minimum atomic E-state index is -2.44. The molecule has 1 amide bonds. The molecule has 0 unspecified atom stereocenters. The molecule has 0 heterocycles. The second kappa shape index (κ2) is 9.12. The summed E-state index contributed by atoms with van der Waals surface area (Å²) in [6.45, 7) is 0.507. The lowest BCUT2D eigenvalue weighted by atomic mass is 10.2. The largest absolute Gasteiger partial charge is 0.497 e. The summed E-state index contributed by atoms with van der Waals surface area (Å²) in [5, 5.41) is 5.75. The predicted octanol–water partition coefficient (Wildman–Crippen LogP) is 3.74. The van der Waals surface area contributed by atoms with Gasteiger partial charge >= 0.3 is 0 Å². The van der Waals surface area contributed by atoms with Gasteiger partial charge in [0.2, 0.25) is 5.91 Å². The Morgan fingerprint density at radius 1 is 1.21 bits per heavy atom. The molecule has 7 heteroatoms. The van der Waals surface area contributed by atoms with Crippen LogP contribution in [0.3, 0.4) is 0 Å². The van der Waals surface area contributed by atoms with E-state index in [1.807, 2.05) is 24.3 Å². The topological polar surface area (TPSA) is 50.4 Å². The van der Waals surface area contributed by atoms with Gasteiger partial charge in [-0.15, -0.1) is 0 Å². The molecule has 0 fully saturated rings. The molecule has 0 spiro atoms. The average Bonchev–Trinajstić information content (AvgIpc) is 2.59. The number of halogens is 2. The molecule has 0 aromatic heterocycles. The number of thioether (sulfide) groups is 1. The van der Waals surface area contributed by atoms with E-state index in [1.54, 1.807) is 31.4 Å². The van der Waals surface area contributed by atoms with Crippen LogP contribution in [0.1, 0.15) is 5.56 Å². The van der Waals surface area contributed by atoms with Gasteiger partial charge in [0.15, 0.2) is 0 Å². The Bertz CT molecular complexity index is 666. The Morgan fingerprint density at radius 2 is 1.96 bits per heavy atom. The summed E-state index contributed by atoms with van der Waals surface area (Å²) in [5.41, 5.74) is 1.64. The highest BCUT2D eigenvalue weighted by atomic mass is 32.2. The minimum absolute atomic E-state index is 0.102. The lowest BCUT2D eigenvalue weighted by molar-refractivity contribution is -0.119. The molecule has 0 atom stereocenters. The Labute approximate surface area is 143 Å². The maximum absolute atomic E-state index is 12.2. The SMILES string of the molecule is COc1cccc(CNC(=O)CNc2ccc(SC(F)F)cc2)c1. The molecular formula is C17H18F2N2O2S. The van der Waals surface area contributed by atoms with Gasteiger partial charge in [-0.05, 0) is 42.0 Å². The van der Waals surface area contributed by atoms with E-state index < -0.39 is 5.76 Å². The fraction of sp³-hybridized carbons (Fsp3) is 0.235. The van der Waals surface area contributed by atoms with Crippen molar-refractivity contribution < 1.29 is 18.3 Å². The van der Waals surface area contributed by atoms with Crippen molar-refractivity contribution in [1.82, 2.24) is 5.32 Å². The number of methoxy groups -OCH3 is 1. The molecule has 0 aliphatic carbocycles. The average molecular weight is 352 g/mol. The zero-order valence-electron chi connectivity index (χ0n) is 13.1. The van der Waals surface area contributed by atoms with E-state index in [0.717, 1.165) is 11.3 Å². The van der Waals surface area contributed by atoms with E-state index in [1.165, 1.54) is 0 Å². The zero-order valence-corrected chi connectivity index (χ0v) is 13.9. The van der Waals surface area contributed by atoms with E-state index in [9.17, 15) is 13.6 Å². The van der Waals surface area contributed by atoms with Crippen molar-refractivity contribution in [3.05, 3.63) is 54.1 Å². The summed E-state index contributed by atoms with van der Waals surface area (Å²) in [5.74, 6) is -1.86. The van der Waals surface area contributed by atoms with E-state index in [-0.39, 0.29) is 12.5 Å². The predicted molar refractivity (Wildman–Crippen MR) is 91.6 cm³/mol. The van der Waals surface area contributed by atoms with Crippen LogP contribution in [0.25, 0.3) is 0 Å². The number of carbonyl (C=O) groups is 1. The number of benzene rings is 2. The van der Waals surface area contributed by atoms with Crippen LogP contribution in [0, 0.1) is 0 Å². The first-order valence-corrected chi connectivity index (χ1v) is 8.13. The third-order valence-corrected chi connectivity index (χ3v) is 3.88. The summed E-state index contributed by atoms with van der Waals surface area (Å²) in [6.07, 6.45) is 0. The third-order valence-electron chi connectivity index (χ3n) is 3.16. The fourth-order valence-electron chi connectivity index (χ4n) is 1.98. The van der Waals surface area contributed by atoms with Crippen LogP contribution in [0.4, 0.5) is 14.5 Å². The van der Waals surface area contributed by atoms with Gasteiger partial charge in [-0.25, -0.2) is 0 Å². The number of ether oxygens (including phenoxy) is 1. The number of hydrogen-bond acceptors (Lipinski definition) is 4. The number of hydrogen-bond donors (Lipinski definition) is 2. The van der Waals surface area contributed by atoms with E-state index in [0.29, 0.717) is 28.9 Å². The molecule has 4 nitrogen and oxygen atoms in total. The molecule has 2 aromatic rings. The lowest BCUT2D eigenvalue weighted by Gasteiger charge is -2.09. The van der Waals surface area contributed by atoms with Gasteiger partial charge in [-0.2, -0.15) is 8.78 Å². The quantitative estimate of drug-likeness (QED) is 0.711. The molecule has 0 aliphatic rings. The van der Waals surface area contributed by atoms with Crippen LogP contribution in [0.2, 0.25) is 0 Å². The summed E-state index contributed by atoms with van der Waals surface area (Å²) >= 11 is 0.490. The van der Waals surface area contributed by atoms with Gasteiger partial charge in [0.25, 0.3) is 5.76 Å². The molecule has 0 saturated carbocycles. The number of rotatable bonds is 8. The van der Waals surface area contributed by atoms with Crippen LogP contribution in [-0.2, 0) is 11.3 Å². The number of amides is 1. The highest BCUT2D eigenvalue weighted by Crippen LogP contribution is 2.26. The van der Waals surface area contributed by atoms with Crippen molar-refractivity contribution in [3.8, 4) is 5.75 Å². The third kappa shape index (κ3) is 6.08. The van der Waals surface area contributed by atoms with Crippen molar-refractivity contribution in [3.63, 3.8) is 0 Å². The highest BCUT2D eigenvalue weighted by Gasteiger charge is 2.06. The second-order valence-electron chi connectivity index (χ2n) is 4.88. The monoisotopic (exact) mass is 352 g/mol. The maximum Gasteiger partial charge on any atom is 0.288 e. The van der Waals surface area contributed by atoms with Gasteiger partial charge in [0.05, 0.1) is 13.7 Å². The van der Waals surface area contributed by atoms with Crippen molar-refractivity contribution in [2.45, 2.75) is 17.2 Å². The number of anilines is 1. The van der Waals surface area contributed by atoms with Gasteiger partial charge in [-0.3, -0.25) is 4.79 Å². The van der Waals surface area contributed by atoms with Gasteiger partial charge in [-0.1, -0.05) is 23.9 Å². The lowest BCUT2D eigenvalue weighted by Crippen LogP contribution is -2.29. The van der Waals surface area contributed by atoms with Crippen molar-refractivity contribution in [2.24, 2.45) is 0 Å². The van der Waals surface area contributed by atoms with E-state index in [2.05, 4.69) is 10.6 Å². The molecule has 0 aliphatic heterocycles. The molecular weight excluding hydrogens is 334 g/mol. The normalized spacial score (nSPS) is 10.5. The number of nitrogens with one attached hydrogen (secondary N) is 2. The zero-order chi connectivity index (χ0) is 17.4. The number of alkyl halides is 2. The van der Waals surface area contributed by atoms with Crippen LogP contribution >= 0.6 is 11.8 Å². The minimum Gasteiger partial charge on any atom is -0.497 e. The van der Waals surface area contributed by atoms with Crippen LogP contribution in [0.15, 0.2) is 53.4 Å². The van der Waals surface area contributed by atoms with E-state index in [4.69, 9.17) is 4.74 Å². The van der Waals surface area contributed by atoms with Crippen LogP contribution in [-0.4, -0.2) is 25.3 Å². The maximum atomic E-state index is 12.2. The molecule has 0 radical (unpaired) electrons. The molecule has 2 aromatic carbocycles. The van der Waals surface area contributed by atoms with Gasteiger partial charge in [0.1, 0.15) is 5.75 Å². The highest BCUT2D eigenvalue weighted by molar-refractivity contribution is 7.99. The number of carbonyl (C=O) groups excluding carboxylic acids is 1. The summed E-state index contributed by atoms with van der Waals surface area (Å²) in [6, 6.07) is 14.0. The standard InChI is InChI=1S/C17H18F2N2O2S/c1-23-14-4-2-3-12(9-14)10-21-16(22)11-20-13-5-7-15(8-6-13)24-17(18)19/h2-9,17,20H,10-11H2,1H3,(H,21,22). The first kappa shape index (κ1) is 18.1. The van der Waals surface area contributed by atoms with Gasteiger partial charge in [0, 0.05) is 17.1 Å². The smallest absolute Gasteiger partial charge is 0.288 e. The summed E-state index contributed by atoms with van der Waals surface area (Å²) < 4.78 is 29.6.